The van der Waals surface area contributed by atoms with Gasteiger partial charge in [0.1, 0.15) is 6.61 Å². The summed E-state index contributed by atoms with van der Waals surface area (Å²) in [7, 11) is 0. The Morgan fingerprint density at radius 3 is 2.73 bits per heavy atom. The van der Waals surface area contributed by atoms with Crippen molar-refractivity contribution in [2.75, 3.05) is 52.5 Å². The molecule has 0 atom stereocenters. The number of carbonyl (C=O) groups is 2. The van der Waals surface area contributed by atoms with E-state index < -0.39 is 0 Å². The van der Waals surface area contributed by atoms with E-state index in [0.29, 0.717) is 13.2 Å². The van der Waals surface area contributed by atoms with Gasteiger partial charge in [-0.3, -0.25) is 14.5 Å². The van der Waals surface area contributed by atoms with E-state index in [4.69, 9.17) is 4.74 Å². The summed E-state index contributed by atoms with van der Waals surface area (Å²) in [5.41, 5.74) is 0.719. The van der Waals surface area contributed by atoms with Gasteiger partial charge in [0.25, 0.3) is 5.91 Å². The number of nitrogens with one attached hydrogen (secondary N) is 1. The Morgan fingerprint density at radius 1 is 1.32 bits per heavy atom. The fourth-order valence-corrected chi connectivity index (χ4v) is 2.96. The van der Waals surface area contributed by atoms with E-state index >= 15 is 0 Å². The van der Waals surface area contributed by atoms with Crippen LogP contribution in [0.25, 0.3) is 0 Å². The third kappa shape index (κ3) is 5.08. The molecule has 6 nitrogen and oxygen atoms in total. The number of hydrogen-bond acceptors (Lipinski definition) is 5. The van der Waals surface area contributed by atoms with Crippen LogP contribution in [0.3, 0.4) is 0 Å². The van der Waals surface area contributed by atoms with Gasteiger partial charge < -0.3 is 15.0 Å². The Balaban J connectivity index is 1.61. The van der Waals surface area contributed by atoms with Crippen LogP contribution in [-0.2, 0) is 9.53 Å². The molecule has 2 heterocycles. The average molecular weight is 325 g/mol. The Hall–Kier alpha value is -1.44. The molecule has 1 saturated heterocycles. The summed E-state index contributed by atoms with van der Waals surface area (Å²) in [5, 5.41) is 6.66. The molecule has 1 aliphatic heterocycles. The van der Waals surface area contributed by atoms with Gasteiger partial charge in [0.15, 0.2) is 0 Å². The highest BCUT2D eigenvalue weighted by atomic mass is 32.1. The normalized spacial score (nSPS) is 15.8. The topological polar surface area (TPSA) is 61.9 Å². The molecule has 1 aromatic rings. The minimum Gasteiger partial charge on any atom is -0.372 e. The fourth-order valence-electron chi connectivity index (χ4n) is 2.32. The highest BCUT2D eigenvalue weighted by Crippen LogP contribution is 2.05. The Morgan fingerprint density at radius 2 is 2.09 bits per heavy atom. The van der Waals surface area contributed by atoms with Crippen LogP contribution in [0.2, 0.25) is 0 Å². The second-order valence-electron chi connectivity index (χ2n) is 5.13. The monoisotopic (exact) mass is 325 g/mol. The van der Waals surface area contributed by atoms with Gasteiger partial charge in [-0.2, -0.15) is 11.3 Å². The molecule has 7 heteroatoms. The predicted octanol–water partition coefficient (Wildman–Crippen LogP) is 0.659. The van der Waals surface area contributed by atoms with E-state index in [1.54, 1.807) is 0 Å². The number of nitrogens with zero attached hydrogens (tertiary/aromatic N) is 2. The van der Waals surface area contributed by atoms with Crippen molar-refractivity contribution in [2.24, 2.45) is 0 Å². The number of hydrogen-bond donors (Lipinski definition) is 1. The van der Waals surface area contributed by atoms with Gasteiger partial charge in [-0.1, -0.05) is 0 Å². The second-order valence-corrected chi connectivity index (χ2v) is 5.91. The fraction of sp³-hybridized carbons (Fsp3) is 0.600. The zero-order valence-electron chi connectivity index (χ0n) is 12.9. The van der Waals surface area contributed by atoms with Gasteiger partial charge in [0.2, 0.25) is 5.91 Å². The minimum atomic E-state index is -0.0215. The number of thiophene rings is 1. The molecule has 22 heavy (non-hydrogen) atoms. The molecular formula is C15H23N3O3S. The van der Waals surface area contributed by atoms with E-state index in [9.17, 15) is 9.59 Å². The summed E-state index contributed by atoms with van der Waals surface area (Å²) in [6, 6.07) is 1.82. The van der Waals surface area contributed by atoms with Crippen LogP contribution in [-0.4, -0.2) is 74.1 Å². The van der Waals surface area contributed by atoms with Crippen molar-refractivity contribution in [3.05, 3.63) is 22.4 Å². The van der Waals surface area contributed by atoms with Crippen LogP contribution < -0.4 is 5.32 Å². The molecule has 2 amide bonds. The molecule has 0 radical (unpaired) electrons. The van der Waals surface area contributed by atoms with Crippen molar-refractivity contribution in [3.8, 4) is 0 Å². The third-order valence-electron chi connectivity index (χ3n) is 3.65. The zero-order valence-corrected chi connectivity index (χ0v) is 13.7. The summed E-state index contributed by atoms with van der Waals surface area (Å²) in [4.78, 5) is 27.7. The van der Waals surface area contributed by atoms with Crippen LogP contribution in [0.1, 0.15) is 17.3 Å². The van der Waals surface area contributed by atoms with Gasteiger partial charge in [-0.15, -0.1) is 0 Å². The first-order valence-electron chi connectivity index (χ1n) is 7.59. The first-order chi connectivity index (χ1) is 10.7. The SMILES string of the molecule is CCOCC(=O)N1CCN(CCNC(=O)c2ccsc2)CC1. The van der Waals surface area contributed by atoms with Crippen molar-refractivity contribution >= 4 is 23.2 Å². The second kappa shape index (κ2) is 8.87. The molecule has 122 valence electrons. The first-order valence-corrected chi connectivity index (χ1v) is 8.53. The van der Waals surface area contributed by atoms with Crippen LogP contribution in [0, 0.1) is 0 Å². The summed E-state index contributed by atoms with van der Waals surface area (Å²) in [6.07, 6.45) is 0. The number of carbonyl (C=O) groups excluding carboxylic acids is 2. The highest BCUT2D eigenvalue weighted by molar-refractivity contribution is 7.08. The van der Waals surface area contributed by atoms with E-state index in [1.165, 1.54) is 11.3 Å². The van der Waals surface area contributed by atoms with E-state index in [2.05, 4.69) is 10.2 Å². The van der Waals surface area contributed by atoms with E-state index in [-0.39, 0.29) is 18.4 Å². The molecule has 0 spiro atoms. The van der Waals surface area contributed by atoms with Gasteiger partial charge in [-0.25, -0.2) is 0 Å². The maximum Gasteiger partial charge on any atom is 0.252 e. The Bertz CT molecular complexity index is 470. The summed E-state index contributed by atoms with van der Waals surface area (Å²) < 4.78 is 5.15. The maximum absolute atomic E-state index is 11.8. The zero-order chi connectivity index (χ0) is 15.8. The Kier molecular flexibility index (Phi) is 6.82. The van der Waals surface area contributed by atoms with Gasteiger partial charge in [0.05, 0.1) is 0 Å². The molecule has 0 saturated carbocycles. The lowest BCUT2D eigenvalue weighted by Crippen LogP contribution is -2.51. The van der Waals surface area contributed by atoms with Gasteiger partial charge >= 0.3 is 0 Å². The van der Waals surface area contributed by atoms with Crippen LogP contribution in [0.5, 0.6) is 0 Å². The molecule has 0 unspecified atom stereocenters. The molecule has 1 N–H and O–H groups in total. The third-order valence-corrected chi connectivity index (χ3v) is 4.33. The number of piperazine rings is 1. The first kappa shape index (κ1) is 16.9. The molecule has 0 aromatic carbocycles. The maximum atomic E-state index is 11.8. The van der Waals surface area contributed by atoms with Crippen molar-refractivity contribution in [1.82, 2.24) is 15.1 Å². The van der Waals surface area contributed by atoms with E-state index in [0.717, 1.165) is 38.3 Å². The Labute approximate surface area is 135 Å². The summed E-state index contributed by atoms with van der Waals surface area (Å²) in [5.74, 6) is 0.0408. The number of ether oxygens (including phenoxy) is 1. The van der Waals surface area contributed by atoms with Crippen LogP contribution in [0.4, 0.5) is 0 Å². The average Bonchev–Trinajstić information content (AvgIpc) is 3.07. The van der Waals surface area contributed by atoms with Crippen molar-refractivity contribution < 1.29 is 14.3 Å². The van der Waals surface area contributed by atoms with E-state index in [1.807, 2.05) is 28.7 Å². The quantitative estimate of drug-likeness (QED) is 0.800. The predicted molar refractivity (Wildman–Crippen MR) is 86.2 cm³/mol. The summed E-state index contributed by atoms with van der Waals surface area (Å²) >= 11 is 1.52. The van der Waals surface area contributed by atoms with Crippen LogP contribution >= 0.6 is 11.3 Å². The lowest BCUT2D eigenvalue weighted by molar-refractivity contribution is -0.137. The molecule has 2 rings (SSSR count). The van der Waals surface area contributed by atoms with Gasteiger partial charge in [0, 0.05) is 56.8 Å². The standard InChI is InChI=1S/C15H23N3O3S/c1-2-21-11-14(19)18-8-6-17(7-9-18)5-4-16-15(20)13-3-10-22-12-13/h3,10,12H,2,4-9,11H2,1H3,(H,16,20). The molecule has 1 aromatic heterocycles. The molecule has 0 bridgehead atoms. The smallest absolute Gasteiger partial charge is 0.252 e. The van der Waals surface area contributed by atoms with Gasteiger partial charge in [-0.05, 0) is 18.4 Å². The number of amides is 2. The molecule has 1 fully saturated rings. The van der Waals surface area contributed by atoms with Crippen LogP contribution in [0.15, 0.2) is 16.8 Å². The lowest BCUT2D eigenvalue weighted by atomic mass is 10.3. The van der Waals surface area contributed by atoms with Crippen molar-refractivity contribution in [3.63, 3.8) is 0 Å². The number of rotatable bonds is 7. The molecule has 1 aliphatic rings. The summed E-state index contributed by atoms with van der Waals surface area (Å²) in [6.45, 7) is 7.19. The molecule has 0 aliphatic carbocycles. The highest BCUT2D eigenvalue weighted by Gasteiger charge is 2.20. The van der Waals surface area contributed by atoms with Crippen molar-refractivity contribution in [2.45, 2.75) is 6.92 Å². The minimum absolute atomic E-state index is 0.0215. The lowest BCUT2D eigenvalue weighted by Gasteiger charge is -2.34. The largest absolute Gasteiger partial charge is 0.372 e. The van der Waals surface area contributed by atoms with Crippen molar-refractivity contribution in [1.29, 1.82) is 0 Å². The molecular weight excluding hydrogens is 302 g/mol.